The average Bonchev–Trinajstić information content (AvgIpc) is 3.13. The molecule has 0 saturated carbocycles. The molecule has 0 aliphatic carbocycles. The number of carbonyl (C=O) groups is 2. The predicted octanol–water partition coefficient (Wildman–Crippen LogP) is 4.77. The van der Waals surface area contributed by atoms with Gasteiger partial charge in [0.15, 0.2) is 11.0 Å². The van der Waals surface area contributed by atoms with Crippen LogP contribution >= 0.6 is 23.4 Å². The molecule has 0 fully saturated rings. The number of rotatable bonds is 8. The summed E-state index contributed by atoms with van der Waals surface area (Å²) in [5.41, 5.74) is 1.58. The van der Waals surface area contributed by atoms with Crippen LogP contribution in [-0.2, 0) is 11.8 Å². The Labute approximate surface area is 201 Å². The Bertz CT molecular complexity index is 1170. The monoisotopic (exact) mass is 489 g/mol. The van der Waals surface area contributed by atoms with Crippen molar-refractivity contribution in [1.82, 2.24) is 20.1 Å². The Kier molecular flexibility index (Phi) is 8.10. The number of benzene rings is 2. The maximum atomic E-state index is 13.5. The van der Waals surface area contributed by atoms with Crippen molar-refractivity contribution in [3.8, 4) is 0 Å². The normalized spacial score (nSPS) is 12.0. The highest BCUT2D eigenvalue weighted by atomic mass is 35.5. The van der Waals surface area contributed by atoms with Gasteiger partial charge in [0.2, 0.25) is 5.91 Å². The van der Waals surface area contributed by atoms with Crippen molar-refractivity contribution >= 4 is 40.9 Å². The Hall–Kier alpha value is -2.91. The van der Waals surface area contributed by atoms with Crippen LogP contribution in [0.4, 0.5) is 10.1 Å². The maximum Gasteiger partial charge on any atom is 0.253 e. The number of hydrogen-bond donors (Lipinski definition) is 2. The van der Waals surface area contributed by atoms with Gasteiger partial charge in [-0.1, -0.05) is 55.4 Å². The summed E-state index contributed by atoms with van der Waals surface area (Å²) < 4.78 is 15.2. The fraction of sp³-hybridized carbons (Fsp3) is 0.304. The topological polar surface area (TPSA) is 88.9 Å². The Morgan fingerprint density at radius 2 is 1.91 bits per heavy atom. The highest BCUT2D eigenvalue weighted by molar-refractivity contribution is 7.99. The molecule has 7 nitrogen and oxygen atoms in total. The molecule has 10 heteroatoms. The van der Waals surface area contributed by atoms with Gasteiger partial charge in [0.05, 0.1) is 22.4 Å². The van der Waals surface area contributed by atoms with Gasteiger partial charge in [-0.2, -0.15) is 0 Å². The Balaban J connectivity index is 1.69. The summed E-state index contributed by atoms with van der Waals surface area (Å²) in [7, 11) is 1.78. The zero-order valence-electron chi connectivity index (χ0n) is 18.7. The minimum atomic E-state index is -0.417. The molecular formula is C23H25ClFN5O2S. The largest absolute Gasteiger partial charge is 0.342 e. The van der Waals surface area contributed by atoms with Gasteiger partial charge in [-0.25, -0.2) is 4.39 Å². The summed E-state index contributed by atoms with van der Waals surface area (Å²) in [4.78, 5) is 25.1. The van der Waals surface area contributed by atoms with Gasteiger partial charge in [-0.05, 0) is 42.7 Å². The number of hydrogen-bond acceptors (Lipinski definition) is 5. The SMILES string of the molecule is Cc1ccc(F)cc1NC(=O)CSc1nnc([C@H](NC(=O)c2ccccc2Cl)C(C)C)n1C. The molecule has 2 amide bonds. The molecule has 0 aliphatic heterocycles. The van der Waals surface area contributed by atoms with Crippen LogP contribution in [0.5, 0.6) is 0 Å². The molecule has 33 heavy (non-hydrogen) atoms. The number of nitrogens with one attached hydrogen (secondary N) is 2. The van der Waals surface area contributed by atoms with Crippen LogP contribution in [0.3, 0.4) is 0 Å². The number of aromatic nitrogens is 3. The third-order valence-electron chi connectivity index (χ3n) is 5.02. The van der Waals surface area contributed by atoms with Crippen LogP contribution in [0.1, 0.15) is 41.6 Å². The number of aryl methyl sites for hydroxylation is 1. The van der Waals surface area contributed by atoms with Crippen molar-refractivity contribution in [1.29, 1.82) is 0 Å². The summed E-state index contributed by atoms with van der Waals surface area (Å²) in [6, 6.07) is 10.7. The van der Waals surface area contributed by atoms with Gasteiger partial charge < -0.3 is 15.2 Å². The van der Waals surface area contributed by atoms with E-state index in [-0.39, 0.29) is 23.5 Å². The zero-order valence-corrected chi connectivity index (χ0v) is 20.3. The lowest BCUT2D eigenvalue weighted by atomic mass is 10.0. The molecule has 1 aromatic heterocycles. The van der Waals surface area contributed by atoms with E-state index in [0.717, 1.165) is 5.56 Å². The molecule has 0 saturated heterocycles. The van der Waals surface area contributed by atoms with E-state index in [9.17, 15) is 14.0 Å². The van der Waals surface area contributed by atoms with E-state index in [4.69, 9.17) is 11.6 Å². The van der Waals surface area contributed by atoms with E-state index >= 15 is 0 Å². The lowest BCUT2D eigenvalue weighted by Crippen LogP contribution is -2.33. The van der Waals surface area contributed by atoms with E-state index in [1.165, 1.54) is 23.9 Å². The third kappa shape index (κ3) is 6.11. The van der Waals surface area contributed by atoms with Crippen molar-refractivity contribution in [2.24, 2.45) is 13.0 Å². The van der Waals surface area contributed by atoms with Crippen molar-refractivity contribution in [3.05, 3.63) is 70.3 Å². The first kappa shape index (κ1) is 24.7. The zero-order chi connectivity index (χ0) is 24.1. The summed E-state index contributed by atoms with van der Waals surface area (Å²) in [6.45, 7) is 5.72. The van der Waals surface area contributed by atoms with Crippen LogP contribution in [0.25, 0.3) is 0 Å². The number of halogens is 2. The second-order valence-electron chi connectivity index (χ2n) is 7.87. The molecule has 2 aromatic carbocycles. The summed E-state index contributed by atoms with van der Waals surface area (Å²) in [5.74, 6) is -0.349. The van der Waals surface area contributed by atoms with Crippen molar-refractivity contribution in [2.45, 2.75) is 32.0 Å². The number of nitrogens with zero attached hydrogens (tertiary/aromatic N) is 3. The lowest BCUT2D eigenvalue weighted by molar-refractivity contribution is -0.113. The van der Waals surface area contributed by atoms with Gasteiger partial charge in [0.25, 0.3) is 5.91 Å². The van der Waals surface area contributed by atoms with Crippen molar-refractivity contribution < 1.29 is 14.0 Å². The summed E-state index contributed by atoms with van der Waals surface area (Å²) in [5, 5.41) is 15.0. The van der Waals surface area contributed by atoms with Crippen LogP contribution in [0.15, 0.2) is 47.6 Å². The van der Waals surface area contributed by atoms with E-state index < -0.39 is 11.9 Å². The van der Waals surface area contributed by atoms with Crippen LogP contribution < -0.4 is 10.6 Å². The predicted molar refractivity (Wildman–Crippen MR) is 128 cm³/mol. The van der Waals surface area contributed by atoms with Gasteiger partial charge in [0, 0.05) is 12.7 Å². The minimum absolute atomic E-state index is 0.0245. The first-order chi connectivity index (χ1) is 15.7. The molecule has 0 aliphatic rings. The molecule has 3 rings (SSSR count). The number of thioether (sulfide) groups is 1. The Morgan fingerprint density at radius 1 is 1.18 bits per heavy atom. The molecule has 0 radical (unpaired) electrons. The van der Waals surface area contributed by atoms with Crippen molar-refractivity contribution in [2.75, 3.05) is 11.1 Å². The second-order valence-corrected chi connectivity index (χ2v) is 9.22. The quantitative estimate of drug-likeness (QED) is 0.445. The molecule has 0 spiro atoms. The molecule has 3 aromatic rings. The molecule has 1 atom stereocenters. The lowest BCUT2D eigenvalue weighted by Gasteiger charge is -2.22. The van der Waals surface area contributed by atoms with Gasteiger partial charge in [0.1, 0.15) is 5.82 Å². The maximum absolute atomic E-state index is 13.5. The number of anilines is 1. The van der Waals surface area contributed by atoms with Gasteiger partial charge >= 0.3 is 0 Å². The minimum Gasteiger partial charge on any atom is -0.342 e. The van der Waals surface area contributed by atoms with Crippen molar-refractivity contribution in [3.63, 3.8) is 0 Å². The second kappa shape index (κ2) is 10.8. The smallest absolute Gasteiger partial charge is 0.253 e. The Morgan fingerprint density at radius 3 is 2.61 bits per heavy atom. The standard InChI is InChI=1S/C23H25ClFN5O2S/c1-13(2)20(27-22(32)16-7-5-6-8-17(16)24)21-28-29-23(30(21)4)33-12-19(31)26-18-11-15(25)10-9-14(18)3/h5-11,13,20H,12H2,1-4H3,(H,26,31)(H,27,32)/t20-/m1/s1. The van der Waals surface area contributed by atoms with Crippen LogP contribution in [0.2, 0.25) is 5.02 Å². The van der Waals surface area contributed by atoms with E-state index in [1.807, 2.05) is 13.8 Å². The number of amides is 2. The fourth-order valence-corrected chi connectivity index (χ4v) is 4.10. The van der Waals surface area contributed by atoms with Gasteiger partial charge in [-0.3, -0.25) is 9.59 Å². The first-order valence-corrected chi connectivity index (χ1v) is 11.7. The van der Waals surface area contributed by atoms with Crippen LogP contribution in [-0.4, -0.2) is 32.3 Å². The third-order valence-corrected chi connectivity index (χ3v) is 6.37. The van der Waals surface area contributed by atoms with E-state index in [2.05, 4.69) is 20.8 Å². The molecule has 174 valence electrons. The van der Waals surface area contributed by atoms with E-state index in [1.54, 1.807) is 48.9 Å². The molecule has 0 bridgehead atoms. The molecular weight excluding hydrogens is 465 g/mol. The van der Waals surface area contributed by atoms with E-state index in [0.29, 0.717) is 27.3 Å². The summed E-state index contributed by atoms with van der Waals surface area (Å²) in [6.07, 6.45) is 0. The molecule has 1 heterocycles. The fourth-order valence-electron chi connectivity index (χ4n) is 3.16. The average molecular weight is 490 g/mol. The van der Waals surface area contributed by atoms with Crippen LogP contribution in [0, 0.1) is 18.7 Å². The number of carbonyl (C=O) groups excluding carboxylic acids is 2. The highest BCUT2D eigenvalue weighted by Crippen LogP contribution is 2.25. The molecule has 0 unspecified atom stereocenters. The highest BCUT2D eigenvalue weighted by Gasteiger charge is 2.26. The van der Waals surface area contributed by atoms with Gasteiger partial charge in [-0.15, -0.1) is 10.2 Å². The first-order valence-electron chi connectivity index (χ1n) is 10.3. The summed E-state index contributed by atoms with van der Waals surface area (Å²) >= 11 is 7.36. The molecule has 2 N–H and O–H groups in total.